The number of carbonyl (C=O) groups is 3. The smallest absolute Gasteiger partial charge is 0.407 e. The second-order valence-corrected chi connectivity index (χ2v) is 9.86. The zero-order chi connectivity index (χ0) is 25.2. The van der Waals surface area contributed by atoms with Gasteiger partial charge in [0.15, 0.2) is 0 Å². The Hall–Kier alpha value is -3.39. The minimum absolute atomic E-state index is 0.0233. The summed E-state index contributed by atoms with van der Waals surface area (Å²) in [6.07, 6.45) is -1.18. The van der Waals surface area contributed by atoms with Gasteiger partial charge in [0.1, 0.15) is 12.6 Å². The van der Waals surface area contributed by atoms with Gasteiger partial charge >= 0.3 is 12.1 Å². The molecule has 1 saturated heterocycles. The fraction of sp³-hybridized carbons (Fsp3) is 0.444. The summed E-state index contributed by atoms with van der Waals surface area (Å²) in [5.74, 6) is -1.47. The van der Waals surface area contributed by atoms with Gasteiger partial charge < -0.3 is 24.8 Å². The van der Waals surface area contributed by atoms with Crippen molar-refractivity contribution in [1.82, 2.24) is 10.2 Å². The van der Waals surface area contributed by atoms with E-state index in [1.54, 1.807) is 4.90 Å². The van der Waals surface area contributed by atoms with Crippen LogP contribution in [-0.2, 0) is 19.1 Å². The maximum Gasteiger partial charge on any atom is 0.407 e. The summed E-state index contributed by atoms with van der Waals surface area (Å²) in [6, 6.07) is 15.1. The maximum absolute atomic E-state index is 13.3. The van der Waals surface area contributed by atoms with Crippen molar-refractivity contribution in [3.8, 4) is 11.1 Å². The molecule has 0 aromatic heterocycles. The first-order valence-electron chi connectivity index (χ1n) is 11.9. The highest BCUT2D eigenvalue weighted by Gasteiger charge is 2.37. The Labute approximate surface area is 205 Å². The quantitative estimate of drug-likeness (QED) is 0.625. The topological polar surface area (TPSA) is 105 Å². The molecule has 0 saturated carbocycles. The summed E-state index contributed by atoms with van der Waals surface area (Å²) in [4.78, 5) is 38.9. The number of benzene rings is 2. The van der Waals surface area contributed by atoms with Crippen LogP contribution in [0.25, 0.3) is 11.1 Å². The number of amides is 2. The normalized spacial score (nSPS) is 19.4. The molecule has 2 N–H and O–H groups in total. The summed E-state index contributed by atoms with van der Waals surface area (Å²) in [6.45, 7) is 6.51. The van der Waals surface area contributed by atoms with Gasteiger partial charge in [-0.05, 0) is 49.4 Å². The summed E-state index contributed by atoms with van der Waals surface area (Å²) >= 11 is 0. The number of hydrogen-bond donors (Lipinski definition) is 2. The van der Waals surface area contributed by atoms with Gasteiger partial charge in [0.2, 0.25) is 5.91 Å². The van der Waals surface area contributed by atoms with Gasteiger partial charge in [0, 0.05) is 25.4 Å². The number of morpholine rings is 1. The Bertz CT molecular complexity index is 1070. The molecule has 1 aliphatic heterocycles. The highest BCUT2D eigenvalue weighted by Crippen LogP contribution is 2.44. The van der Waals surface area contributed by atoms with Crippen molar-refractivity contribution < 1.29 is 29.0 Å². The van der Waals surface area contributed by atoms with Gasteiger partial charge in [-0.15, -0.1) is 0 Å². The van der Waals surface area contributed by atoms with Crippen LogP contribution < -0.4 is 5.32 Å². The zero-order valence-corrected chi connectivity index (χ0v) is 20.3. The van der Waals surface area contributed by atoms with Crippen molar-refractivity contribution >= 4 is 18.0 Å². The molecule has 2 aromatic rings. The number of carboxylic acid groups (broad SMARTS) is 1. The largest absolute Gasteiger partial charge is 0.481 e. The Kier molecular flexibility index (Phi) is 7.12. The minimum atomic E-state index is -1.03. The van der Waals surface area contributed by atoms with E-state index in [9.17, 15) is 14.4 Å². The van der Waals surface area contributed by atoms with Crippen LogP contribution in [0.2, 0.25) is 0 Å². The van der Waals surface area contributed by atoms with E-state index in [0.717, 1.165) is 22.3 Å². The van der Waals surface area contributed by atoms with Crippen molar-refractivity contribution in [1.29, 1.82) is 0 Å². The molecule has 1 heterocycles. The molecule has 1 aliphatic carbocycles. The zero-order valence-electron chi connectivity index (χ0n) is 20.3. The van der Waals surface area contributed by atoms with Crippen LogP contribution in [0.15, 0.2) is 48.5 Å². The lowest BCUT2D eigenvalue weighted by Gasteiger charge is -2.42. The van der Waals surface area contributed by atoms with E-state index in [2.05, 4.69) is 17.4 Å². The number of ether oxygens (including phenoxy) is 2. The second kappa shape index (κ2) is 10.1. The van der Waals surface area contributed by atoms with Crippen LogP contribution >= 0.6 is 0 Å². The predicted octanol–water partition coefficient (Wildman–Crippen LogP) is 3.78. The maximum atomic E-state index is 13.3. The number of carbonyl (C=O) groups excluding carboxylic acids is 2. The molecule has 8 nitrogen and oxygen atoms in total. The standard InChI is InChI=1S/C27H32N2O6/c1-17-14-29(16-27(2,3)35-17)25(32)23(12-13-24(30)31)28-26(33)34-15-22-20-10-6-4-8-18(20)19-9-5-7-11-21(19)22/h4-11,17,22-23H,12-16H2,1-3H3,(H,28,33)(H,30,31). The number of alkyl carbamates (subject to hydrolysis) is 1. The summed E-state index contributed by atoms with van der Waals surface area (Å²) < 4.78 is 11.4. The SMILES string of the molecule is CC1CN(C(=O)C(CCC(=O)O)NC(=O)OCC2c3ccccc3-c3ccccc32)CC(C)(C)O1. The Morgan fingerprint density at radius 3 is 2.29 bits per heavy atom. The average molecular weight is 481 g/mol. The van der Waals surface area contributed by atoms with E-state index in [4.69, 9.17) is 14.6 Å². The molecule has 0 spiro atoms. The first-order valence-corrected chi connectivity index (χ1v) is 11.9. The van der Waals surface area contributed by atoms with E-state index >= 15 is 0 Å². The Morgan fingerprint density at radius 2 is 1.71 bits per heavy atom. The summed E-state index contributed by atoms with van der Waals surface area (Å²) in [7, 11) is 0. The molecular weight excluding hydrogens is 448 g/mol. The number of carboxylic acids is 1. The number of fused-ring (bicyclic) bond motifs is 3. The number of aliphatic carboxylic acids is 1. The molecule has 2 amide bonds. The number of rotatable bonds is 7. The summed E-state index contributed by atoms with van der Waals surface area (Å²) in [5, 5.41) is 11.8. The second-order valence-electron chi connectivity index (χ2n) is 9.86. The van der Waals surface area contributed by atoms with E-state index in [0.29, 0.717) is 13.1 Å². The lowest BCUT2D eigenvalue weighted by atomic mass is 9.98. The third-order valence-corrected chi connectivity index (χ3v) is 6.46. The van der Waals surface area contributed by atoms with Crippen molar-refractivity contribution in [2.45, 2.75) is 57.3 Å². The van der Waals surface area contributed by atoms with Crippen LogP contribution in [0.1, 0.15) is 50.7 Å². The molecule has 2 aromatic carbocycles. The van der Waals surface area contributed by atoms with Gasteiger partial charge in [-0.2, -0.15) is 0 Å². The van der Waals surface area contributed by atoms with Crippen molar-refractivity contribution in [3.63, 3.8) is 0 Å². The fourth-order valence-corrected chi connectivity index (χ4v) is 5.15. The molecule has 4 rings (SSSR count). The number of hydrogen-bond acceptors (Lipinski definition) is 5. The van der Waals surface area contributed by atoms with Gasteiger partial charge in [0.25, 0.3) is 0 Å². The third kappa shape index (κ3) is 5.65. The molecule has 2 aliphatic rings. The molecular formula is C27H32N2O6. The molecule has 2 unspecified atom stereocenters. The number of nitrogens with zero attached hydrogens (tertiary/aromatic N) is 1. The van der Waals surface area contributed by atoms with Crippen molar-refractivity contribution in [2.75, 3.05) is 19.7 Å². The fourth-order valence-electron chi connectivity index (χ4n) is 5.15. The summed E-state index contributed by atoms with van der Waals surface area (Å²) in [5.41, 5.74) is 3.88. The highest BCUT2D eigenvalue weighted by molar-refractivity contribution is 5.86. The van der Waals surface area contributed by atoms with Crippen LogP contribution in [0, 0.1) is 0 Å². The lowest BCUT2D eigenvalue weighted by molar-refractivity contribution is -0.160. The first-order chi connectivity index (χ1) is 16.6. The molecule has 0 bridgehead atoms. The van der Waals surface area contributed by atoms with Gasteiger partial charge in [-0.3, -0.25) is 9.59 Å². The van der Waals surface area contributed by atoms with E-state index < -0.39 is 23.7 Å². The molecule has 2 atom stereocenters. The average Bonchev–Trinajstić information content (AvgIpc) is 3.12. The highest BCUT2D eigenvalue weighted by atomic mass is 16.5. The van der Waals surface area contributed by atoms with E-state index in [-0.39, 0.29) is 37.4 Å². The third-order valence-electron chi connectivity index (χ3n) is 6.46. The van der Waals surface area contributed by atoms with E-state index in [1.807, 2.05) is 57.2 Å². The molecule has 8 heteroatoms. The monoisotopic (exact) mass is 480 g/mol. The van der Waals surface area contributed by atoms with Crippen LogP contribution in [-0.4, -0.2) is 65.4 Å². The Morgan fingerprint density at radius 1 is 1.11 bits per heavy atom. The molecule has 0 radical (unpaired) electrons. The van der Waals surface area contributed by atoms with Crippen molar-refractivity contribution in [2.24, 2.45) is 0 Å². The van der Waals surface area contributed by atoms with Gasteiger partial charge in [-0.25, -0.2) is 4.79 Å². The van der Waals surface area contributed by atoms with Crippen LogP contribution in [0.4, 0.5) is 4.79 Å². The number of nitrogens with one attached hydrogen (secondary N) is 1. The first kappa shape index (κ1) is 24.7. The van der Waals surface area contributed by atoms with Crippen LogP contribution in [0.5, 0.6) is 0 Å². The minimum Gasteiger partial charge on any atom is -0.481 e. The van der Waals surface area contributed by atoms with Gasteiger partial charge in [0.05, 0.1) is 11.7 Å². The predicted molar refractivity (Wildman–Crippen MR) is 130 cm³/mol. The van der Waals surface area contributed by atoms with Gasteiger partial charge in [-0.1, -0.05) is 48.5 Å². The van der Waals surface area contributed by atoms with Crippen molar-refractivity contribution in [3.05, 3.63) is 59.7 Å². The van der Waals surface area contributed by atoms with Crippen LogP contribution in [0.3, 0.4) is 0 Å². The Balaban J connectivity index is 1.44. The molecule has 35 heavy (non-hydrogen) atoms. The molecule has 1 fully saturated rings. The molecule has 186 valence electrons. The lowest BCUT2D eigenvalue weighted by Crippen LogP contribution is -2.58. The van der Waals surface area contributed by atoms with E-state index in [1.165, 1.54) is 0 Å².